The Bertz CT molecular complexity index is 341. The molecule has 17 heavy (non-hydrogen) atoms. The molecule has 0 amide bonds. The van der Waals surface area contributed by atoms with Crippen molar-refractivity contribution in [3.8, 4) is 11.5 Å². The number of aliphatic hydroxyl groups excluding tert-OH is 1. The van der Waals surface area contributed by atoms with Gasteiger partial charge in [0.2, 0.25) is 0 Å². The number of rotatable bonds is 7. The standard InChI is InChI=1S/C13H21NO3/c1-4-17-12-7-5-6-11(13(12)16-3)8-14-10(2)9-15/h5-7,10,14-15H,4,8-9H2,1-3H3/t10-/m1/s1. The van der Waals surface area contributed by atoms with E-state index in [0.717, 1.165) is 17.1 Å². The van der Waals surface area contributed by atoms with Gasteiger partial charge in [-0.2, -0.15) is 0 Å². The molecule has 0 aliphatic carbocycles. The Labute approximate surface area is 103 Å². The molecule has 0 saturated heterocycles. The first-order valence-electron chi connectivity index (χ1n) is 5.85. The zero-order chi connectivity index (χ0) is 12.7. The highest BCUT2D eigenvalue weighted by Gasteiger charge is 2.10. The summed E-state index contributed by atoms with van der Waals surface area (Å²) in [6, 6.07) is 5.88. The van der Waals surface area contributed by atoms with Crippen LogP contribution < -0.4 is 14.8 Å². The summed E-state index contributed by atoms with van der Waals surface area (Å²) in [5, 5.41) is 12.2. The van der Waals surface area contributed by atoms with E-state index in [9.17, 15) is 0 Å². The van der Waals surface area contributed by atoms with E-state index in [-0.39, 0.29) is 12.6 Å². The number of hydrogen-bond acceptors (Lipinski definition) is 4. The smallest absolute Gasteiger partial charge is 0.165 e. The van der Waals surface area contributed by atoms with Crippen molar-refractivity contribution >= 4 is 0 Å². The van der Waals surface area contributed by atoms with Gasteiger partial charge in [0.05, 0.1) is 20.3 Å². The molecule has 0 aliphatic heterocycles. The van der Waals surface area contributed by atoms with E-state index in [1.54, 1.807) is 7.11 Å². The van der Waals surface area contributed by atoms with Gasteiger partial charge in [0, 0.05) is 18.2 Å². The molecule has 2 N–H and O–H groups in total. The van der Waals surface area contributed by atoms with Crippen molar-refractivity contribution < 1.29 is 14.6 Å². The van der Waals surface area contributed by atoms with E-state index in [1.807, 2.05) is 32.0 Å². The third-order valence-electron chi connectivity index (χ3n) is 2.48. The number of hydrogen-bond donors (Lipinski definition) is 2. The zero-order valence-corrected chi connectivity index (χ0v) is 10.7. The van der Waals surface area contributed by atoms with Crippen LogP contribution >= 0.6 is 0 Å². The lowest BCUT2D eigenvalue weighted by molar-refractivity contribution is 0.250. The van der Waals surface area contributed by atoms with Crippen molar-refractivity contribution in [1.29, 1.82) is 0 Å². The second-order valence-corrected chi connectivity index (χ2v) is 3.85. The molecule has 0 radical (unpaired) electrons. The van der Waals surface area contributed by atoms with Crippen molar-refractivity contribution in [3.63, 3.8) is 0 Å². The number of methoxy groups -OCH3 is 1. The van der Waals surface area contributed by atoms with Gasteiger partial charge in [0.15, 0.2) is 11.5 Å². The molecule has 1 atom stereocenters. The maximum atomic E-state index is 8.96. The van der Waals surface area contributed by atoms with Crippen LogP contribution in [0.3, 0.4) is 0 Å². The van der Waals surface area contributed by atoms with Crippen LogP contribution in [0.2, 0.25) is 0 Å². The van der Waals surface area contributed by atoms with Gasteiger partial charge in [-0.25, -0.2) is 0 Å². The van der Waals surface area contributed by atoms with Crippen LogP contribution in [-0.2, 0) is 6.54 Å². The second-order valence-electron chi connectivity index (χ2n) is 3.85. The first kappa shape index (κ1) is 13.8. The van der Waals surface area contributed by atoms with Gasteiger partial charge in [-0.15, -0.1) is 0 Å². The molecule has 1 rings (SSSR count). The van der Waals surface area contributed by atoms with Crippen LogP contribution in [0.1, 0.15) is 19.4 Å². The maximum Gasteiger partial charge on any atom is 0.165 e. The van der Waals surface area contributed by atoms with E-state index >= 15 is 0 Å². The Morgan fingerprint density at radius 3 is 2.76 bits per heavy atom. The van der Waals surface area contributed by atoms with E-state index in [2.05, 4.69) is 5.32 Å². The predicted octanol–water partition coefficient (Wildman–Crippen LogP) is 1.56. The largest absolute Gasteiger partial charge is 0.493 e. The highest BCUT2D eigenvalue weighted by molar-refractivity contribution is 5.46. The maximum absolute atomic E-state index is 8.96. The second kappa shape index (κ2) is 7.14. The minimum Gasteiger partial charge on any atom is -0.493 e. The Morgan fingerprint density at radius 2 is 2.18 bits per heavy atom. The van der Waals surface area contributed by atoms with Crippen LogP contribution in [-0.4, -0.2) is 31.5 Å². The van der Waals surface area contributed by atoms with Crippen molar-refractivity contribution in [2.45, 2.75) is 26.4 Å². The van der Waals surface area contributed by atoms with Crippen LogP contribution in [0.25, 0.3) is 0 Å². The highest BCUT2D eigenvalue weighted by atomic mass is 16.5. The molecular formula is C13H21NO3. The Hall–Kier alpha value is -1.26. The summed E-state index contributed by atoms with van der Waals surface area (Å²) in [6.45, 7) is 5.25. The summed E-state index contributed by atoms with van der Waals surface area (Å²) in [7, 11) is 1.64. The minimum absolute atomic E-state index is 0.0652. The zero-order valence-electron chi connectivity index (χ0n) is 10.7. The molecule has 0 bridgehead atoms. The number of aliphatic hydroxyl groups is 1. The monoisotopic (exact) mass is 239 g/mol. The average Bonchev–Trinajstić information content (AvgIpc) is 2.36. The van der Waals surface area contributed by atoms with Gasteiger partial charge in [-0.1, -0.05) is 12.1 Å². The van der Waals surface area contributed by atoms with Crippen molar-refractivity contribution in [3.05, 3.63) is 23.8 Å². The molecule has 0 saturated carbocycles. The number of benzene rings is 1. The molecule has 0 fully saturated rings. The predicted molar refractivity (Wildman–Crippen MR) is 67.6 cm³/mol. The molecule has 4 heteroatoms. The Morgan fingerprint density at radius 1 is 1.41 bits per heavy atom. The molecule has 1 aromatic rings. The summed E-state index contributed by atoms with van der Waals surface area (Å²) in [5.74, 6) is 1.51. The topological polar surface area (TPSA) is 50.7 Å². The minimum atomic E-state index is 0.0652. The fourth-order valence-corrected chi connectivity index (χ4v) is 1.55. The van der Waals surface area contributed by atoms with Gasteiger partial charge in [0.25, 0.3) is 0 Å². The lowest BCUT2D eigenvalue weighted by Crippen LogP contribution is -2.28. The fraction of sp³-hybridized carbons (Fsp3) is 0.538. The van der Waals surface area contributed by atoms with E-state index in [1.165, 1.54) is 0 Å². The normalized spacial score (nSPS) is 12.2. The van der Waals surface area contributed by atoms with Crippen molar-refractivity contribution in [1.82, 2.24) is 5.32 Å². The lowest BCUT2D eigenvalue weighted by atomic mass is 10.1. The first-order valence-corrected chi connectivity index (χ1v) is 5.85. The lowest BCUT2D eigenvalue weighted by Gasteiger charge is -2.16. The van der Waals surface area contributed by atoms with E-state index in [0.29, 0.717) is 13.2 Å². The molecular weight excluding hydrogens is 218 g/mol. The van der Waals surface area contributed by atoms with Crippen LogP contribution in [0.4, 0.5) is 0 Å². The summed E-state index contributed by atoms with van der Waals surface area (Å²) in [6.07, 6.45) is 0. The Balaban J connectivity index is 2.79. The average molecular weight is 239 g/mol. The summed E-state index contributed by atoms with van der Waals surface area (Å²) < 4.78 is 10.9. The third kappa shape index (κ3) is 3.91. The molecule has 1 aromatic carbocycles. The van der Waals surface area contributed by atoms with Gasteiger partial charge in [0.1, 0.15) is 0 Å². The summed E-state index contributed by atoms with van der Waals surface area (Å²) >= 11 is 0. The SMILES string of the molecule is CCOc1cccc(CN[C@H](C)CO)c1OC. The van der Waals surface area contributed by atoms with Gasteiger partial charge in [-0.3, -0.25) is 0 Å². The molecule has 0 aromatic heterocycles. The van der Waals surface area contributed by atoms with E-state index < -0.39 is 0 Å². The third-order valence-corrected chi connectivity index (χ3v) is 2.48. The molecule has 0 heterocycles. The van der Waals surface area contributed by atoms with Crippen molar-refractivity contribution in [2.24, 2.45) is 0 Å². The number of ether oxygens (including phenoxy) is 2. The summed E-state index contributed by atoms with van der Waals surface area (Å²) in [5.41, 5.74) is 1.03. The molecule has 0 spiro atoms. The number of nitrogens with one attached hydrogen (secondary N) is 1. The van der Waals surface area contributed by atoms with Gasteiger partial charge >= 0.3 is 0 Å². The van der Waals surface area contributed by atoms with Gasteiger partial charge in [-0.05, 0) is 19.9 Å². The van der Waals surface area contributed by atoms with Crippen LogP contribution in [0, 0.1) is 0 Å². The molecule has 96 valence electrons. The highest BCUT2D eigenvalue weighted by Crippen LogP contribution is 2.30. The summed E-state index contributed by atoms with van der Waals surface area (Å²) in [4.78, 5) is 0. The molecule has 0 aliphatic rings. The molecule has 4 nitrogen and oxygen atoms in total. The fourth-order valence-electron chi connectivity index (χ4n) is 1.55. The van der Waals surface area contributed by atoms with Crippen molar-refractivity contribution in [2.75, 3.05) is 20.3 Å². The quantitative estimate of drug-likeness (QED) is 0.758. The van der Waals surface area contributed by atoms with E-state index in [4.69, 9.17) is 14.6 Å². The van der Waals surface area contributed by atoms with Gasteiger partial charge < -0.3 is 19.9 Å². The number of para-hydroxylation sites is 1. The van der Waals surface area contributed by atoms with Crippen LogP contribution in [0.15, 0.2) is 18.2 Å². The first-order chi connectivity index (χ1) is 8.22. The molecule has 0 unspecified atom stereocenters. The Kier molecular flexibility index (Phi) is 5.80. The van der Waals surface area contributed by atoms with Crippen LogP contribution in [0.5, 0.6) is 11.5 Å².